The summed E-state index contributed by atoms with van der Waals surface area (Å²) in [4.78, 5) is 28.2. The molecule has 40 heavy (non-hydrogen) atoms. The number of nitrogens with zero attached hydrogens (tertiary/aromatic N) is 3. The smallest absolute Gasteiger partial charge is 0.301 e. The Morgan fingerprint density at radius 3 is 2.55 bits per heavy atom. The van der Waals surface area contributed by atoms with E-state index in [1.165, 1.54) is 35.1 Å². The molecule has 2 heterocycles. The minimum absolute atomic E-state index is 0.0516. The normalized spacial score (nSPS) is 16.4. The topological polar surface area (TPSA) is 102 Å². The Hall–Kier alpha value is -3.86. The Bertz CT molecular complexity index is 1590. The number of hydrogen-bond acceptors (Lipinski definition) is 9. The van der Waals surface area contributed by atoms with Crippen LogP contribution in [0.2, 0.25) is 5.02 Å². The average Bonchev–Trinajstić information content (AvgIpc) is 3.54. The number of carbonyl (C=O) groups excluding carboxylic acids is 2. The van der Waals surface area contributed by atoms with Crippen LogP contribution in [0, 0.1) is 0 Å². The number of carbonyl (C=O) groups is 2. The van der Waals surface area contributed by atoms with E-state index in [0.717, 1.165) is 5.56 Å². The Morgan fingerprint density at radius 2 is 1.82 bits per heavy atom. The van der Waals surface area contributed by atoms with E-state index in [0.29, 0.717) is 44.3 Å². The lowest BCUT2D eigenvalue weighted by molar-refractivity contribution is -0.132. The van der Waals surface area contributed by atoms with Gasteiger partial charge in [0.25, 0.3) is 5.78 Å². The van der Waals surface area contributed by atoms with Crippen molar-refractivity contribution in [3.05, 3.63) is 100 Å². The second kappa shape index (κ2) is 12.1. The Balaban J connectivity index is 1.55. The van der Waals surface area contributed by atoms with E-state index < -0.39 is 17.7 Å². The summed E-state index contributed by atoms with van der Waals surface area (Å²) < 4.78 is 11.5. The monoisotopic (exact) mass is 593 g/mol. The molecule has 5 rings (SSSR count). The number of methoxy groups -OCH3 is 1. The highest BCUT2D eigenvalue weighted by Crippen LogP contribution is 2.44. The fraction of sp³-hybridized carbons (Fsp3) is 0.172. The molecule has 0 saturated carbocycles. The first-order chi connectivity index (χ1) is 19.4. The van der Waals surface area contributed by atoms with Crippen molar-refractivity contribution in [3.8, 4) is 11.5 Å². The fourth-order valence-electron chi connectivity index (χ4n) is 4.30. The summed E-state index contributed by atoms with van der Waals surface area (Å²) in [6.45, 7) is 2.31. The van der Waals surface area contributed by atoms with Gasteiger partial charge in [0.1, 0.15) is 17.3 Å². The lowest BCUT2D eigenvalue weighted by atomic mass is 9.95. The maximum absolute atomic E-state index is 13.5. The van der Waals surface area contributed by atoms with Crippen molar-refractivity contribution in [1.29, 1.82) is 0 Å². The first-order valence-electron chi connectivity index (χ1n) is 12.3. The van der Waals surface area contributed by atoms with Crippen molar-refractivity contribution >= 4 is 57.3 Å². The lowest BCUT2D eigenvalue weighted by Crippen LogP contribution is -2.29. The van der Waals surface area contributed by atoms with Gasteiger partial charge in [-0.2, -0.15) is 0 Å². The number of rotatable bonds is 9. The van der Waals surface area contributed by atoms with Gasteiger partial charge in [0.15, 0.2) is 4.34 Å². The summed E-state index contributed by atoms with van der Waals surface area (Å²) in [6, 6.07) is 20.3. The second-order valence-electron chi connectivity index (χ2n) is 8.63. The standard InChI is InChI=1S/C29H24ClN3O5S2/c1-3-38-21-9-6-8-18(15-21)24-23(25(34)17-11-13-20(37-2)14-12-17)26(35)27(36)33(24)28-31-32-29(40-28)39-16-19-7-4-5-10-22(19)30/h4-15,24,34H,3,16H2,1-2H3. The van der Waals surface area contributed by atoms with Crippen LogP contribution in [0.1, 0.15) is 29.7 Å². The minimum Gasteiger partial charge on any atom is -0.507 e. The molecule has 1 aliphatic heterocycles. The molecule has 1 aromatic heterocycles. The number of aliphatic hydroxyl groups excluding tert-OH is 1. The van der Waals surface area contributed by atoms with Gasteiger partial charge in [0, 0.05) is 16.3 Å². The second-order valence-corrected chi connectivity index (χ2v) is 11.2. The first kappa shape index (κ1) is 27.7. The molecule has 3 aromatic carbocycles. The predicted octanol–water partition coefficient (Wildman–Crippen LogP) is 6.52. The predicted molar refractivity (Wildman–Crippen MR) is 156 cm³/mol. The summed E-state index contributed by atoms with van der Waals surface area (Å²) in [5.74, 6) is -0.198. The number of halogens is 1. The molecular formula is C29H24ClN3O5S2. The van der Waals surface area contributed by atoms with Crippen molar-refractivity contribution in [2.24, 2.45) is 0 Å². The number of ether oxygens (including phenoxy) is 2. The van der Waals surface area contributed by atoms with E-state index in [-0.39, 0.29) is 16.5 Å². The van der Waals surface area contributed by atoms with Crippen molar-refractivity contribution in [1.82, 2.24) is 10.2 Å². The lowest BCUT2D eigenvalue weighted by Gasteiger charge is -2.23. The van der Waals surface area contributed by atoms with Crippen LogP contribution in [-0.4, -0.2) is 40.7 Å². The van der Waals surface area contributed by atoms with Crippen LogP contribution >= 0.6 is 34.7 Å². The summed E-state index contributed by atoms with van der Waals surface area (Å²) in [5.41, 5.74) is 1.85. The molecular weight excluding hydrogens is 570 g/mol. The van der Waals surface area contributed by atoms with Crippen LogP contribution < -0.4 is 14.4 Å². The number of ketones is 1. The third-order valence-electron chi connectivity index (χ3n) is 6.20. The number of aliphatic hydroxyl groups is 1. The van der Waals surface area contributed by atoms with Crippen LogP contribution in [-0.2, 0) is 15.3 Å². The van der Waals surface area contributed by atoms with Crippen LogP contribution in [0.5, 0.6) is 11.5 Å². The van der Waals surface area contributed by atoms with Gasteiger partial charge in [0.2, 0.25) is 5.13 Å². The fourth-order valence-corrected chi connectivity index (χ4v) is 6.46. The van der Waals surface area contributed by atoms with Crippen LogP contribution in [0.3, 0.4) is 0 Å². The minimum atomic E-state index is -0.947. The van der Waals surface area contributed by atoms with E-state index >= 15 is 0 Å². The van der Waals surface area contributed by atoms with Gasteiger partial charge >= 0.3 is 5.91 Å². The molecule has 0 aliphatic carbocycles. The number of aromatic nitrogens is 2. The molecule has 1 aliphatic rings. The number of Topliss-reactive ketones (excluding diaryl/α,β-unsaturated/α-hetero) is 1. The molecule has 4 aromatic rings. The van der Waals surface area contributed by atoms with Gasteiger partial charge in [-0.25, -0.2) is 0 Å². The number of hydrogen-bond donors (Lipinski definition) is 1. The molecule has 1 N–H and O–H groups in total. The first-order valence-corrected chi connectivity index (χ1v) is 14.5. The molecule has 1 fully saturated rings. The van der Waals surface area contributed by atoms with E-state index in [1.807, 2.05) is 31.2 Å². The van der Waals surface area contributed by atoms with Gasteiger partial charge in [-0.1, -0.05) is 65.0 Å². The third-order valence-corrected chi connectivity index (χ3v) is 8.68. The number of thioether (sulfide) groups is 1. The molecule has 1 unspecified atom stereocenters. The molecule has 0 spiro atoms. The Labute approximate surface area is 244 Å². The Kier molecular flexibility index (Phi) is 8.39. The summed E-state index contributed by atoms with van der Waals surface area (Å²) in [7, 11) is 1.54. The Morgan fingerprint density at radius 1 is 1.05 bits per heavy atom. The molecule has 0 radical (unpaired) electrons. The van der Waals surface area contributed by atoms with Gasteiger partial charge < -0.3 is 14.6 Å². The zero-order chi connectivity index (χ0) is 28.2. The van der Waals surface area contributed by atoms with E-state index in [4.69, 9.17) is 21.1 Å². The van der Waals surface area contributed by atoms with Gasteiger partial charge in [-0.15, -0.1) is 10.2 Å². The van der Waals surface area contributed by atoms with Crippen LogP contribution in [0.25, 0.3) is 5.76 Å². The zero-order valence-electron chi connectivity index (χ0n) is 21.5. The average molecular weight is 594 g/mol. The van der Waals surface area contributed by atoms with Gasteiger partial charge in [-0.3, -0.25) is 14.5 Å². The van der Waals surface area contributed by atoms with Crippen molar-refractivity contribution in [2.75, 3.05) is 18.6 Å². The molecule has 1 amide bonds. The summed E-state index contributed by atoms with van der Waals surface area (Å²) >= 11 is 8.90. The van der Waals surface area contributed by atoms with Gasteiger partial charge in [-0.05, 0) is 60.5 Å². The highest BCUT2D eigenvalue weighted by atomic mass is 35.5. The molecule has 204 valence electrons. The van der Waals surface area contributed by atoms with Crippen LogP contribution in [0.4, 0.5) is 5.13 Å². The molecule has 8 nitrogen and oxygen atoms in total. The zero-order valence-corrected chi connectivity index (χ0v) is 23.9. The molecule has 0 bridgehead atoms. The maximum Gasteiger partial charge on any atom is 0.301 e. The van der Waals surface area contributed by atoms with Crippen molar-refractivity contribution < 1.29 is 24.2 Å². The third kappa shape index (κ3) is 5.56. The van der Waals surface area contributed by atoms with Crippen molar-refractivity contribution in [2.45, 2.75) is 23.1 Å². The van der Waals surface area contributed by atoms with E-state index in [1.54, 1.807) is 48.5 Å². The largest absolute Gasteiger partial charge is 0.507 e. The molecule has 11 heteroatoms. The summed E-state index contributed by atoms with van der Waals surface area (Å²) in [5, 5.41) is 20.7. The van der Waals surface area contributed by atoms with Crippen LogP contribution in [0.15, 0.2) is 82.7 Å². The number of amides is 1. The quantitative estimate of drug-likeness (QED) is 0.0769. The SMILES string of the molecule is CCOc1cccc(C2C(=C(O)c3ccc(OC)cc3)C(=O)C(=O)N2c2nnc(SCc3ccccc3Cl)s2)c1. The van der Waals surface area contributed by atoms with Crippen molar-refractivity contribution in [3.63, 3.8) is 0 Å². The van der Waals surface area contributed by atoms with E-state index in [9.17, 15) is 14.7 Å². The number of anilines is 1. The molecule has 1 atom stereocenters. The number of benzene rings is 3. The van der Waals surface area contributed by atoms with Gasteiger partial charge in [0.05, 0.1) is 25.3 Å². The van der Waals surface area contributed by atoms with E-state index in [2.05, 4.69) is 10.2 Å². The maximum atomic E-state index is 13.5. The summed E-state index contributed by atoms with van der Waals surface area (Å²) in [6.07, 6.45) is 0. The highest BCUT2D eigenvalue weighted by Gasteiger charge is 2.48. The highest BCUT2D eigenvalue weighted by molar-refractivity contribution is 8.00. The molecule has 1 saturated heterocycles.